The van der Waals surface area contributed by atoms with Crippen molar-refractivity contribution in [3.63, 3.8) is 0 Å². The minimum Gasteiger partial charge on any atom is -0.361 e. The molecule has 0 saturated carbocycles. The van der Waals surface area contributed by atoms with Gasteiger partial charge in [0.25, 0.3) is 5.70 Å². The van der Waals surface area contributed by atoms with E-state index in [1.165, 1.54) is 18.2 Å². The fourth-order valence-corrected chi connectivity index (χ4v) is 0.768. The van der Waals surface area contributed by atoms with E-state index in [1.807, 2.05) is 0 Å². The number of nitrogens with zero attached hydrogens (tertiary/aromatic N) is 3. The van der Waals surface area contributed by atoms with Crippen LogP contribution in [0.3, 0.4) is 0 Å². The van der Waals surface area contributed by atoms with Crippen LogP contribution < -0.4 is 0 Å². The topological polar surface area (TPSA) is 79.5 Å². The van der Waals surface area contributed by atoms with Gasteiger partial charge in [0.05, 0.1) is 4.92 Å². The van der Waals surface area contributed by atoms with Gasteiger partial charge in [0.15, 0.2) is 0 Å². The third-order valence-corrected chi connectivity index (χ3v) is 1.30. The Morgan fingerprint density at radius 1 is 1.67 bits per heavy atom. The molecule has 0 aromatic heterocycles. The zero-order valence-electron chi connectivity index (χ0n) is 6.01. The van der Waals surface area contributed by atoms with Gasteiger partial charge in [-0.15, -0.1) is 12.4 Å². The number of allylic oxidation sites excluding steroid dienone is 4. The lowest BCUT2D eigenvalue weighted by Gasteiger charge is -1.94. The van der Waals surface area contributed by atoms with Crippen LogP contribution in [0.1, 0.15) is 6.42 Å². The van der Waals surface area contributed by atoms with Gasteiger partial charge in [-0.3, -0.25) is 10.1 Å². The van der Waals surface area contributed by atoms with Gasteiger partial charge in [0.1, 0.15) is 6.42 Å². The summed E-state index contributed by atoms with van der Waals surface area (Å²) in [5.41, 5.74) is 8.62. The van der Waals surface area contributed by atoms with Gasteiger partial charge < -0.3 is 5.53 Å². The first-order valence-electron chi connectivity index (χ1n) is 2.96. The van der Waals surface area contributed by atoms with Crippen LogP contribution in [-0.2, 0) is 0 Å². The minimum absolute atomic E-state index is 0. The number of rotatable bonds is 1. The maximum atomic E-state index is 10.2. The summed E-state index contributed by atoms with van der Waals surface area (Å²) < 4.78 is 0. The summed E-state index contributed by atoms with van der Waals surface area (Å²) in [6, 6.07) is 0. The van der Waals surface area contributed by atoms with Crippen molar-refractivity contribution in [2.75, 3.05) is 0 Å². The van der Waals surface area contributed by atoms with Crippen molar-refractivity contribution < 1.29 is 9.71 Å². The first-order chi connectivity index (χ1) is 5.24. The summed E-state index contributed by atoms with van der Waals surface area (Å²) in [5.74, 6) is 0. The van der Waals surface area contributed by atoms with Gasteiger partial charge >= 0.3 is 5.71 Å². The Morgan fingerprint density at radius 3 is 2.83 bits per heavy atom. The summed E-state index contributed by atoms with van der Waals surface area (Å²) in [6.07, 6.45) is 4.47. The molecular weight excluding hydrogens is 182 g/mol. The Hall–Kier alpha value is -1.45. The summed E-state index contributed by atoms with van der Waals surface area (Å²) in [4.78, 5) is 12.6. The maximum absolute atomic E-state index is 10.2. The SMILES string of the molecule is Cl.[N-]=[N+]=C1C=CC=C([N+](=O)[O-])C1. The Morgan fingerprint density at radius 2 is 2.33 bits per heavy atom. The predicted molar refractivity (Wildman–Crippen MR) is 44.7 cm³/mol. The molecule has 0 N–H and O–H groups in total. The highest BCUT2D eigenvalue weighted by Crippen LogP contribution is 2.08. The molecule has 0 atom stereocenters. The molecule has 0 fully saturated rings. The summed E-state index contributed by atoms with van der Waals surface area (Å²) in [6.45, 7) is 0. The Bertz CT molecular complexity index is 302. The largest absolute Gasteiger partial charge is 0.361 e. The first-order valence-corrected chi connectivity index (χ1v) is 2.96. The highest BCUT2D eigenvalue weighted by atomic mass is 35.5. The van der Waals surface area contributed by atoms with E-state index < -0.39 is 4.92 Å². The fraction of sp³-hybridized carbons (Fsp3) is 0.167. The third-order valence-electron chi connectivity index (χ3n) is 1.30. The standard InChI is InChI=1S/C6H5N3O2.ClH/c7-8-5-2-1-3-6(4-5)9(10)11;/h1-3H,4H2;1H. The van der Waals surface area contributed by atoms with E-state index in [9.17, 15) is 10.1 Å². The van der Waals surface area contributed by atoms with E-state index in [0.29, 0.717) is 5.71 Å². The molecule has 0 aromatic rings. The van der Waals surface area contributed by atoms with Gasteiger partial charge in [-0.25, -0.2) is 0 Å². The van der Waals surface area contributed by atoms with Crippen LogP contribution in [0.5, 0.6) is 0 Å². The number of hydrogen-bond acceptors (Lipinski definition) is 2. The highest BCUT2D eigenvalue weighted by Gasteiger charge is 2.19. The molecule has 0 heterocycles. The summed E-state index contributed by atoms with van der Waals surface area (Å²) in [5, 5.41) is 10.2. The Balaban J connectivity index is 0.00000121. The lowest BCUT2D eigenvalue weighted by atomic mass is 10.1. The van der Waals surface area contributed by atoms with E-state index in [4.69, 9.17) is 5.53 Å². The van der Waals surface area contributed by atoms with Crippen molar-refractivity contribution in [1.82, 2.24) is 0 Å². The second-order valence-electron chi connectivity index (χ2n) is 2.04. The average molecular weight is 188 g/mol. The van der Waals surface area contributed by atoms with Gasteiger partial charge in [-0.2, -0.15) is 4.79 Å². The van der Waals surface area contributed by atoms with Crippen LogP contribution in [0.15, 0.2) is 23.9 Å². The monoisotopic (exact) mass is 187 g/mol. The van der Waals surface area contributed by atoms with Crippen LogP contribution in [0, 0.1) is 10.1 Å². The molecule has 12 heavy (non-hydrogen) atoms. The first kappa shape index (κ1) is 10.6. The van der Waals surface area contributed by atoms with Crippen LogP contribution in [-0.4, -0.2) is 15.4 Å². The van der Waals surface area contributed by atoms with E-state index in [-0.39, 0.29) is 24.5 Å². The van der Waals surface area contributed by atoms with Crippen molar-refractivity contribution in [1.29, 1.82) is 0 Å². The van der Waals surface area contributed by atoms with Crippen LogP contribution in [0.25, 0.3) is 5.53 Å². The summed E-state index contributed by atoms with van der Waals surface area (Å²) >= 11 is 0. The lowest BCUT2D eigenvalue weighted by Crippen LogP contribution is -2.08. The van der Waals surface area contributed by atoms with E-state index in [2.05, 4.69) is 4.79 Å². The van der Waals surface area contributed by atoms with Crippen molar-refractivity contribution in [2.24, 2.45) is 0 Å². The Labute approximate surface area is 74.6 Å². The molecule has 0 spiro atoms. The fourth-order valence-electron chi connectivity index (χ4n) is 0.768. The zero-order chi connectivity index (χ0) is 8.27. The molecule has 1 aliphatic rings. The molecule has 0 unspecified atom stereocenters. The van der Waals surface area contributed by atoms with Crippen molar-refractivity contribution >= 4 is 18.1 Å². The molecule has 5 nitrogen and oxygen atoms in total. The van der Waals surface area contributed by atoms with Gasteiger partial charge in [-0.1, -0.05) is 0 Å². The molecular formula is C6H6ClN3O2. The molecule has 0 amide bonds. The predicted octanol–water partition coefficient (Wildman–Crippen LogP) is 1.20. The van der Waals surface area contributed by atoms with E-state index >= 15 is 0 Å². The second kappa shape index (κ2) is 4.43. The highest BCUT2D eigenvalue weighted by molar-refractivity contribution is 5.93. The number of nitro groups is 1. The molecule has 64 valence electrons. The molecule has 1 rings (SSSR count). The number of hydrogen-bond donors (Lipinski definition) is 0. The van der Waals surface area contributed by atoms with E-state index in [1.54, 1.807) is 0 Å². The smallest absolute Gasteiger partial charge is 0.302 e. The second-order valence-corrected chi connectivity index (χ2v) is 2.04. The molecule has 0 saturated heterocycles. The lowest BCUT2D eigenvalue weighted by molar-refractivity contribution is -0.426. The zero-order valence-corrected chi connectivity index (χ0v) is 6.82. The molecule has 0 bridgehead atoms. The quantitative estimate of drug-likeness (QED) is 0.268. The van der Waals surface area contributed by atoms with Gasteiger partial charge in [0.2, 0.25) is 0 Å². The average Bonchev–Trinajstić information content (AvgIpc) is 2.05. The minimum atomic E-state index is -0.491. The van der Waals surface area contributed by atoms with E-state index in [0.717, 1.165) is 0 Å². The normalized spacial score (nSPS) is 14.3. The van der Waals surface area contributed by atoms with Crippen molar-refractivity contribution in [3.05, 3.63) is 39.6 Å². The molecule has 0 radical (unpaired) electrons. The molecule has 6 heteroatoms. The number of halogens is 1. The molecule has 1 aliphatic carbocycles. The Kier molecular flexibility index (Phi) is 3.90. The van der Waals surface area contributed by atoms with Crippen LogP contribution in [0.2, 0.25) is 0 Å². The van der Waals surface area contributed by atoms with Crippen molar-refractivity contribution in [2.45, 2.75) is 6.42 Å². The molecule has 0 aromatic carbocycles. The van der Waals surface area contributed by atoms with Gasteiger partial charge in [-0.05, 0) is 6.08 Å². The third kappa shape index (κ3) is 2.30. The van der Waals surface area contributed by atoms with Crippen LogP contribution >= 0.6 is 12.4 Å². The molecule has 0 aliphatic heterocycles. The summed E-state index contributed by atoms with van der Waals surface area (Å²) in [7, 11) is 0. The van der Waals surface area contributed by atoms with Crippen molar-refractivity contribution in [3.8, 4) is 0 Å². The van der Waals surface area contributed by atoms with Crippen LogP contribution in [0.4, 0.5) is 0 Å². The van der Waals surface area contributed by atoms with Gasteiger partial charge in [0, 0.05) is 12.2 Å². The maximum Gasteiger partial charge on any atom is 0.302 e.